The highest BCUT2D eigenvalue weighted by atomic mass is 19.2. The lowest BCUT2D eigenvalue weighted by Crippen LogP contribution is -2.16. The fourth-order valence-electron chi connectivity index (χ4n) is 2.51. The molecule has 138 valence electrons. The Morgan fingerprint density at radius 2 is 1.63 bits per heavy atom. The van der Waals surface area contributed by atoms with Gasteiger partial charge in [0.15, 0.2) is 17.5 Å². The SMILES string of the molecule is Cc1cc(C)cc(Nc2cnc(C(=O)Nc3ccc(F)c(F)c3F)cn2)c1. The second-order valence-electron chi connectivity index (χ2n) is 5.97. The van der Waals surface area contributed by atoms with Gasteiger partial charge < -0.3 is 10.6 Å². The van der Waals surface area contributed by atoms with Crippen LogP contribution in [0.15, 0.2) is 42.7 Å². The quantitative estimate of drug-likeness (QED) is 0.662. The van der Waals surface area contributed by atoms with Crippen molar-refractivity contribution in [2.24, 2.45) is 0 Å². The molecule has 0 unspecified atom stereocenters. The summed E-state index contributed by atoms with van der Waals surface area (Å²) in [7, 11) is 0. The largest absolute Gasteiger partial charge is 0.339 e. The molecule has 27 heavy (non-hydrogen) atoms. The van der Waals surface area contributed by atoms with Crippen molar-refractivity contribution in [3.8, 4) is 0 Å². The maximum Gasteiger partial charge on any atom is 0.275 e. The van der Waals surface area contributed by atoms with E-state index in [0.717, 1.165) is 28.9 Å². The van der Waals surface area contributed by atoms with Crippen molar-refractivity contribution in [3.63, 3.8) is 0 Å². The van der Waals surface area contributed by atoms with Crippen molar-refractivity contribution in [1.29, 1.82) is 0 Å². The van der Waals surface area contributed by atoms with Crippen LogP contribution >= 0.6 is 0 Å². The first-order valence-electron chi connectivity index (χ1n) is 7.95. The molecule has 0 radical (unpaired) electrons. The topological polar surface area (TPSA) is 66.9 Å². The molecular formula is C19H15F3N4O. The van der Waals surface area contributed by atoms with Gasteiger partial charge in [-0.05, 0) is 49.2 Å². The summed E-state index contributed by atoms with van der Waals surface area (Å²) in [5.41, 5.74) is 2.39. The summed E-state index contributed by atoms with van der Waals surface area (Å²) >= 11 is 0. The fourth-order valence-corrected chi connectivity index (χ4v) is 2.51. The smallest absolute Gasteiger partial charge is 0.275 e. The minimum absolute atomic E-state index is 0.106. The predicted molar refractivity (Wildman–Crippen MR) is 95.5 cm³/mol. The molecule has 0 fully saturated rings. The number of nitrogens with one attached hydrogen (secondary N) is 2. The lowest BCUT2D eigenvalue weighted by Gasteiger charge is -2.09. The molecule has 0 aliphatic carbocycles. The monoisotopic (exact) mass is 372 g/mol. The molecule has 0 aliphatic heterocycles. The van der Waals surface area contributed by atoms with Gasteiger partial charge in [0, 0.05) is 5.69 Å². The van der Waals surface area contributed by atoms with Crippen molar-refractivity contribution in [1.82, 2.24) is 9.97 Å². The molecule has 0 aliphatic rings. The number of nitrogens with zero attached hydrogens (tertiary/aromatic N) is 2. The van der Waals surface area contributed by atoms with E-state index in [0.29, 0.717) is 5.82 Å². The molecule has 2 aromatic carbocycles. The number of hydrogen-bond acceptors (Lipinski definition) is 4. The molecular weight excluding hydrogens is 357 g/mol. The molecule has 0 saturated carbocycles. The van der Waals surface area contributed by atoms with Crippen LogP contribution in [0.4, 0.5) is 30.4 Å². The van der Waals surface area contributed by atoms with Crippen LogP contribution < -0.4 is 10.6 Å². The van der Waals surface area contributed by atoms with Crippen molar-refractivity contribution >= 4 is 23.1 Å². The highest BCUT2D eigenvalue weighted by molar-refractivity contribution is 6.02. The van der Waals surface area contributed by atoms with Gasteiger partial charge in [-0.15, -0.1) is 0 Å². The minimum Gasteiger partial charge on any atom is -0.339 e. The Morgan fingerprint density at radius 1 is 0.926 bits per heavy atom. The van der Waals surface area contributed by atoms with Crippen molar-refractivity contribution in [2.45, 2.75) is 13.8 Å². The van der Waals surface area contributed by atoms with Crippen LogP contribution in [-0.2, 0) is 0 Å². The van der Waals surface area contributed by atoms with Crippen LogP contribution in [-0.4, -0.2) is 15.9 Å². The van der Waals surface area contributed by atoms with Crippen LogP contribution in [0, 0.1) is 31.3 Å². The first-order valence-corrected chi connectivity index (χ1v) is 7.95. The maximum atomic E-state index is 13.6. The molecule has 3 rings (SSSR count). The third kappa shape index (κ3) is 4.22. The summed E-state index contributed by atoms with van der Waals surface area (Å²) in [4.78, 5) is 20.2. The zero-order chi connectivity index (χ0) is 19.6. The average Bonchev–Trinajstić information content (AvgIpc) is 2.62. The second-order valence-corrected chi connectivity index (χ2v) is 5.97. The molecule has 5 nitrogen and oxygen atoms in total. The Balaban J connectivity index is 1.73. The van der Waals surface area contributed by atoms with Crippen molar-refractivity contribution in [3.05, 3.63) is 77.0 Å². The molecule has 1 amide bonds. The normalized spacial score (nSPS) is 10.6. The van der Waals surface area contributed by atoms with E-state index in [1.54, 1.807) is 0 Å². The van der Waals surface area contributed by atoms with Crippen molar-refractivity contribution < 1.29 is 18.0 Å². The Kier molecular flexibility index (Phi) is 5.07. The first kappa shape index (κ1) is 18.4. The number of benzene rings is 2. The van der Waals surface area contributed by atoms with Gasteiger partial charge in [-0.25, -0.2) is 23.1 Å². The Labute approximate surface area is 153 Å². The second kappa shape index (κ2) is 7.45. The average molecular weight is 372 g/mol. The van der Waals surface area contributed by atoms with E-state index < -0.39 is 29.0 Å². The van der Waals surface area contributed by atoms with Crippen LogP contribution in [0.5, 0.6) is 0 Å². The molecule has 1 aromatic heterocycles. The third-order valence-corrected chi connectivity index (χ3v) is 3.66. The summed E-state index contributed by atoms with van der Waals surface area (Å²) < 4.78 is 39.8. The maximum absolute atomic E-state index is 13.6. The van der Waals surface area contributed by atoms with Gasteiger partial charge in [0.2, 0.25) is 0 Å². The molecule has 0 saturated heterocycles. The molecule has 0 spiro atoms. The summed E-state index contributed by atoms with van der Waals surface area (Å²) in [6.07, 6.45) is 2.53. The van der Waals surface area contributed by atoms with Crippen LogP contribution in [0.2, 0.25) is 0 Å². The highest BCUT2D eigenvalue weighted by Gasteiger charge is 2.16. The number of aromatic nitrogens is 2. The molecule has 1 heterocycles. The lowest BCUT2D eigenvalue weighted by molar-refractivity contribution is 0.102. The number of carbonyl (C=O) groups excluding carboxylic acids is 1. The summed E-state index contributed by atoms with van der Waals surface area (Å²) in [5, 5.41) is 5.20. The van der Waals surface area contributed by atoms with Gasteiger partial charge in [-0.1, -0.05) is 6.07 Å². The number of halogens is 3. The van der Waals surface area contributed by atoms with Gasteiger partial charge in [0.1, 0.15) is 11.5 Å². The van der Waals surface area contributed by atoms with Crippen LogP contribution in [0.25, 0.3) is 0 Å². The molecule has 3 aromatic rings. The van der Waals surface area contributed by atoms with E-state index in [2.05, 4.69) is 20.6 Å². The van der Waals surface area contributed by atoms with Gasteiger partial charge in [-0.3, -0.25) is 4.79 Å². The number of anilines is 3. The number of aryl methyl sites for hydroxylation is 2. The van der Waals surface area contributed by atoms with Gasteiger partial charge in [-0.2, -0.15) is 0 Å². The number of carbonyl (C=O) groups is 1. The molecule has 0 bridgehead atoms. The Bertz CT molecular complexity index is 986. The standard InChI is InChI=1S/C19H15F3N4O/c1-10-5-11(2)7-12(6-10)25-16-9-23-15(8-24-16)19(27)26-14-4-3-13(20)17(21)18(14)22/h3-9H,1-2H3,(H,24,25)(H,26,27). The van der Waals surface area contributed by atoms with Crippen molar-refractivity contribution in [2.75, 3.05) is 10.6 Å². The zero-order valence-electron chi connectivity index (χ0n) is 14.5. The van der Waals surface area contributed by atoms with Gasteiger partial charge in [0.25, 0.3) is 5.91 Å². The summed E-state index contributed by atoms with van der Waals surface area (Å²) in [6, 6.07) is 7.54. The summed E-state index contributed by atoms with van der Waals surface area (Å²) in [6.45, 7) is 3.93. The van der Waals surface area contributed by atoms with E-state index in [-0.39, 0.29) is 5.69 Å². The highest BCUT2D eigenvalue weighted by Crippen LogP contribution is 2.21. The van der Waals surface area contributed by atoms with Crippen LogP contribution in [0.1, 0.15) is 21.6 Å². The zero-order valence-corrected chi connectivity index (χ0v) is 14.5. The van der Waals surface area contributed by atoms with Gasteiger partial charge in [0.05, 0.1) is 18.1 Å². The van der Waals surface area contributed by atoms with E-state index in [4.69, 9.17) is 0 Å². The van der Waals surface area contributed by atoms with E-state index in [1.165, 1.54) is 12.4 Å². The molecule has 8 heteroatoms. The van der Waals surface area contributed by atoms with Crippen LogP contribution in [0.3, 0.4) is 0 Å². The van der Waals surface area contributed by atoms with E-state index in [1.807, 2.05) is 32.0 Å². The summed E-state index contributed by atoms with van der Waals surface area (Å²) in [5.74, 6) is -4.87. The predicted octanol–water partition coefficient (Wildman–Crippen LogP) is 4.51. The fraction of sp³-hybridized carbons (Fsp3) is 0.105. The minimum atomic E-state index is -1.66. The Morgan fingerprint density at radius 3 is 2.26 bits per heavy atom. The number of rotatable bonds is 4. The van der Waals surface area contributed by atoms with E-state index >= 15 is 0 Å². The molecule has 0 atom stereocenters. The number of amides is 1. The van der Waals surface area contributed by atoms with Gasteiger partial charge >= 0.3 is 0 Å². The first-order chi connectivity index (χ1) is 12.8. The third-order valence-electron chi connectivity index (χ3n) is 3.66. The number of hydrogen-bond donors (Lipinski definition) is 2. The Hall–Kier alpha value is -3.42. The lowest BCUT2D eigenvalue weighted by atomic mass is 10.1. The molecule has 2 N–H and O–H groups in total. The van der Waals surface area contributed by atoms with E-state index in [9.17, 15) is 18.0 Å².